The van der Waals surface area contributed by atoms with Crippen LogP contribution in [0.5, 0.6) is 0 Å². The zero-order valence-corrected chi connectivity index (χ0v) is 10.7. The average Bonchev–Trinajstić information content (AvgIpc) is 2.64. The number of nitrogens with one attached hydrogen (secondary N) is 2. The van der Waals surface area contributed by atoms with Crippen LogP contribution in [0.1, 0.15) is 20.7 Å². The molecule has 0 atom stereocenters. The van der Waals surface area contributed by atoms with Gasteiger partial charge in [0.2, 0.25) is 0 Å². The van der Waals surface area contributed by atoms with Gasteiger partial charge in [-0.15, -0.1) is 0 Å². The van der Waals surface area contributed by atoms with E-state index in [1.165, 1.54) is 12.1 Å². The van der Waals surface area contributed by atoms with Gasteiger partial charge in [-0.25, -0.2) is 0 Å². The first-order chi connectivity index (χ1) is 9.50. The molecule has 0 spiro atoms. The Morgan fingerprint density at radius 2 is 1.33 bits per heavy atom. The molecule has 1 saturated heterocycles. The van der Waals surface area contributed by atoms with Gasteiger partial charge in [-0.2, -0.15) is 0 Å². The molecule has 0 unspecified atom stereocenters. The molecule has 0 saturated carbocycles. The molecule has 1 aromatic carbocycles. The summed E-state index contributed by atoms with van der Waals surface area (Å²) in [7, 11) is 0. The van der Waals surface area contributed by atoms with E-state index in [9.17, 15) is 19.2 Å². The SMILES string of the molecule is O=C1NC(=S)NC(=O)C1N1C(=O)c2ccccc2C1=O.[KH]. The van der Waals surface area contributed by atoms with E-state index >= 15 is 0 Å². The van der Waals surface area contributed by atoms with Gasteiger partial charge in [-0.3, -0.25) is 24.1 Å². The standard InChI is InChI=1S/C12H7N3O4S.K.H/c16-8-7(9(17)14-12(20)13-8)15-10(18)5-3-1-2-4-6(5)11(15)19;;/h1-4,7H,(H2,13,14,16,17,20);;. The van der Waals surface area contributed by atoms with Gasteiger partial charge in [0.1, 0.15) is 0 Å². The first kappa shape index (κ1) is 16.4. The van der Waals surface area contributed by atoms with Crippen molar-refractivity contribution >= 4 is 92.3 Å². The van der Waals surface area contributed by atoms with Crippen molar-refractivity contribution in [3.63, 3.8) is 0 Å². The fourth-order valence-electron chi connectivity index (χ4n) is 2.19. The van der Waals surface area contributed by atoms with Crippen LogP contribution in [0.4, 0.5) is 0 Å². The van der Waals surface area contributed by atoms with E-state index in [-0.39, 0.29) is 67.6 Å². The Morgan fingerprint density at radius 3 is 1.76 bits per heavy atom. The Hall–Kier alpha value is -0.974. The fourth-order valence-corrected chi connectivity index (χ4v) is 2.39. The summed E-state index contributed by atoms with van der Waals surface area (Å²) in [5.41, 5.74) is 0.345. The average molecular weight is 329 g/mol. The van der Waals surface area contributed by atoms with E-state index in [0.29, 0.717) is 4.90 Å². The molecule has 3 rings (SSSR count). The number of nitrogens with zero attached hydrogens (tertiary/aromatic N) is 1. The normalized spacial score (nSPS) is 18.1. The first-order valence-corrected chi connectivity index (χ1v) is 6.04. The Balaban J connectivity index is 0.00000161. The van der Waals surface area contributed by atoms with Gasteiger partial charge in [-0.05, 0) is 24.4 Å². The summed E-state index contributed by atoms with van der Waals surface area (Å²) in [6.07, 6.45) is 0. The van der Waals surface area contributed by atoms with Crippen LogP contribution in [0.25, 0.3) is 0 Å². The summed E-state index contributed by atoms with van der Waals surface area (Å²) < 4.78 is 0. The molecule has 0 bridgehead atoms. The topological polar surface area (TPSA) is 95.6 Å². The van der Waals surface area contributed by atoms with E-state index < -0.39 is 29.7 Å². The van der Waals surface area contributed by atoms with Crippen LogP contribution in [0, 0.1) is 0 Å². The van der Waals surface area contributed by atoms with Gasteiger partial charge in [-0.1, -0.05) is 12.1 Å². The minimum atomic E-state index is -1.55. The zero-order valence-electron chi connectivity index (χ0n) is 9.88. The third-order valence-electron chi connectivity index (χ3n) is 3.05. The van der Waals surface area contributed by atoms with Crippen molar-refractivity contribution in [2.75, 3.05) is 0 Å². The molecule has 4 amide bonds. The molecule has 9 heteroatoms. The Kier molecular flexibility index (Phi) is 4.71. The number of hydrogen-bond donors (Lipinski definition) is 2. The van der Waals surface area contributed by atoms with Crippen LogP contribution >= 0.6 is 12.2 Å². The van der Waals surface area contributed by atoms with Gasteiger partial charge in [0.25, 0.3) is 23.6 Å². The van der Waals surface area contributed by atoms with Crippen LogP contribution in [-0.4, -0.2) is 91.1 Å². The van der Waals surface area contributed by atoms with Crippen LogP contribution in [-0.2, 0) is 9.59 Å². The predicted octanol–water partition coefficient (Wildman–Crippen LogP) is -1.47. The van der Waals surface area contributed by atoms with E-state index in [1.54, 1.807) is 12.1 Å². The van der Waals surface area contributed by atoms with Crippen molar-refractivity contribution in [2.24, 2.45) is 0 Å². The van der Waals surface area contributed by atoms with Gasteiger partial charge >= 0.3 is 51.4 Å². The van der Waals surface area contributed by atoms with Gasteiger partial charge < -0.3 is 10.6 Å². The number of rotatable bonds is 1. The molecule has 1 fully saturated rings. The maximum atomic E-state index is 12.2. The molecular weight excluding hydrogens is 321 g/mol. The fraction of sp³-hybridized carbons (Fsp3) is 0.0833. The number of imide groups is 1. The molecule has 2 N–H and O–H groups in total. The van der Waals surface area contributed by atoms with Crippen LogP contribution in [0.15, 0.2) is 24.3 Å². The van der Waals surface area contributed by atoms with Crippen LogP contribution in [0.3, 0.4) is 0 Å². The van der Waals surface area contributed by atoms with Gasteiger partial charge in [0, 0.05) is 0 Å². The molecule has 7 nitrogen and oxygen atoms in total. The maximum absolute atomic E-state index is 12.2. The zero-order chi connectivity index (χ0) is 14.4. The second-order valence-corrected chi connectivity index (χ2v) is 4.64. The van der Waals surface area contributed by atoms with Crippen molar-refractivity contribution in [2.45, 2.75) is 6.04 Å². The third-order valence-corrected chi connectivity index (χ3v) is 3.26. The number of fused-ring (bicyclic) bond motifs is 1. The molecule has 0 radical (unpaired) electrons. The molecule has 2 aliphatic heterocycles. The van der Waals surface area contributed by atoms with E-state index in [0.717, 1.165) is 0 Å². The van der Waals surface area contributed by atoms with Crippen LogP contribution < -0.4 is 10.6 Å². The Morgan fingerprint density at radius 1 is 0.905 bits per heavy atom. The predicted molar refractivity (Wildman–Crippen MR) is 76.8 cm³/mol. The Bertz CT molecular complexity index is 650. The van der Waals surface area contributed by atoms with Crippen molar-refractivity contribution in [1.82, 2.24) is 15.5 Å². The monoisotopic (exact) mass is 329 g/mol. The van der Waals surface area contributed by atoms with Crippen molar-refractivity contribution < 1.29 is 19.2 Å². The number of benzene rings is 1. The molecular formula is C12H8KN3O4S. The molecule has 0 aliphatic carbocycles. The second kappa shape index (κ2) is 6.03. The summed E-state index contributed by atoms with van der Waals surface area (Å²) >= 11 is 4.66. The Labute approximate surface area is 166 Å². The van der Waals surface area contributed by atoms with Crippen molar-refractivity contribution in [3.05, 3.63) is 35.4 Å². The summed E-state index contributed by atoms with van der Waals surface area (Å²) in [5.74, 6) is -2.94. The third kappa shape index (κ3) is 2.60. The molecule has 2 aliphatic rings. The quantitative estimate of drug-likeness (QED) is 0.284. The number of carbonyl (C=O) groups excluding carboxylic acids is 4. The van der Waals surface area contributed by atoms with Gasteiger partial charge in [0.15, 0.2) is 11.2 Å². The van der Waals surface area contributed by atoms with Crippen LogP contribution in [0.2, 0.25) is 0 Å². The van der Waals surface area contributed by atoms with Gasteiger partial charge in [0.05, 0.1) is 11.1 Å². The van der Waals surface area contributed by atoms with Crippen molar-refractivity contribution in [1.29, 1.82) is 0 Å². The number of carbonyl (C=O) groups is 4. The summed E-state index contributed by atoms with van der Waals surface area (Å²) in [4.78, 5) is 48.7. The van der Waals surface area contributed by atoms with E-state index in [1.807, 2.05) is 0 Å². The molecule has 2 heterocycles. The molecule has 102 valence electrons. The summed E-state index contributed by atoms with van der Waals surface area (Å²) in [5, 5.41) is 4.29. The summed E-state index contributed by atoms with van der Waals surface area (Å²) in [6, 6.07) is 4.60. The number of thiocarbonyl (C=S) groups is 1. The molecule has 0 aromatic heterocycles. The summed E-state index contributed by atoms with van der Waals surface area (Å²) in [6.45, 7) is 0. The van der Waals surface area contributed by atoms with E-state index in [2.05, 4.69) is 22.9 Å². The van der Waals surface area contributed by atoms with Crippen molar-refractivity contribution in [3.8, 4) is 0 Å². The minimum absolute atomic E-state index is 0. The second-order valence-electron chi connectivity index (χ2n) is 4.24. The van der Waals surface area contributed by atoms with E-state index in [4.69, 9.17) is 0 Å². The molecule has 21 heavy (non-hydrogen) atoms. The number of hydrogen-bond acceptors (Lipinski definition) is 5. The first-order valence-electron chi connectivity index (χ1n) is 5.63. The number of amides is 4. The molecule has 1 aromatic rings.